The van der Waals surface area contributed by atoms with Crippen molar-refractivity contribution in [2.24, 2.45) is 7.05 Å². The summed E-state index contributed by atoms with van der Waals surface area (Å²) in [6, 6.07) is 0. The smallest absolute Gasteiger partial charge is 0.0861 e. The molecule has 1 rings (SSSR count). The first kappa shape index (κ1) is 9.23. The Bertz CT molecular complexity index is 268. The average Bonchev–Trinajstić information content (AvgIpc) is 2.29. The summed E-state index contributed by atoms with van der Waals surface area (Å²) in [6.45, 7) is 8.67. The van der Waals surface area contributed by atoms with Crippen molar-refractivity contribution >= 4 is 0 Å². The third-order valence-corrected chi connectivity index (χ3v) is 1.94. The molecule has 0 fully saturated rings. The normalized spacial score (nSPS) is 12.1. The van der Waals surface area contributed by atoms with Crippen molar-refractivity contribution in [2.75, 3.05) is 0 Å². The Morgan fingerprint density at radius 1 is 1.33 bits per heavy atom. The molecule has 0 aliphatic carbocycles. The van der Waals surface area contributed by atoms with Gasteiger partial charge in [0, 0.05) is 12.5 Å². The second-order valence-corrected chi connectivity index (χ2v) is 4.11. The SMILES string of the molecule is CCc1nnn(C)c1C(C)(C)C. The van der Waals surface area contributed by atoms with E-state index >= 15 is 0 Å². The summed E-state index contributed by atoms with van der Waals surface area (Å²) >= 11 is 0. The van der Waals surface area contributed by atoms with E-state index in [0.717, 1.165) is 12.1 Å². The van der Waals surface area contributed by atoms with Crippen LogP contribution in [0.2, 0.25) is 0 Å². The van der Waals surface area contributed by atoms with Crippen LogP contribution in [0.25, 0.3) is 0 Å². The third kappa shape index (κ3) is 1.49. The van der Waals surface area contributed by atoms with Crippen LogP contribution in [-0.4, -0.2) is 15.0 Å². The molecule has 68 valence electrons. The number of nitrogens with zero attached hydrogens (tertiary/aromatic N) is 3. The minimum Gasteiger partial charge on any atom is -0.252 e. The second-order valence-electron chi connectivity index (χ2n) is 4.11. The topological polar surface area (TPSA) is 30.7 Å². The van der Waals surface area contributed by atoms with Gasteiger partial charge in [-0.25, -0.2) is 0 Å². The van der Waals surface area contributed by atoms with Crippen molar-refractivity contribution in [3.8, 4) is 0 Å². The molecule has 0 amide bonds. The molecule has 0 atom stereocenters. The minimum atomic E-state index is 0.142. The van der Waals surface area contributed by atoms with E-state index in [-0.39, 0.29) is 5.41 Å². The van der Waals surface area contributed by atoms with Crippen LogP contribution in [0.4, 0.5) is 0 Å². The summed E-state index contributed by atoms with van der Waals surface area (Å²) in [5, 5.41) is 8.13. The van der Waals surface area contributed by atoms with Gasteiger partial charge in [-0.1, -0.05) is 32.9 Å². The van der Waals surface area contributed by atoms with Gasteiger partial charge in [-0.05, 0) is 6.42 Å². The van der Waals surface area contributed by atoms with E-state index in [0.29, 0.717) is 0 Å². The largest absolute Gasteiger partial charge is 0.252 e. The van der Waals surface area contributed by atoms with Crippen LogP contribution in [-0.2, 0) is 18.9 Å². The number of rotatable bonds is 1. The summed E-state index contributed by atoms with van der Waals surface area (Å²) in [7, 11) is 1.95. The van der Waals surface area contributed by atoms with E-state index < -0.39 is 0 Å². The molecule has 3 heteroatoms. The van der Waals surface area contributed by atoms with Gasteiger partial charge in [0.25, 0.3) is 0 Å². The van der Waals surface area contributed by atoms with Crippen molar-refractivity contribution in [3.05, 3.63) is 11.4 Å². The molecule has 0 saturated heterocycles. The summed E-state index contributed by atoms with van der Waals surface area (Å²) < 4.78 is 1.87. The second kappa shape index (κ2) is 2.88. The van der Waals surface area contributed by atoms with Crippen LogP contribution in [0.5, 0.6) is 0 Å². The van der Waals surface area contributed by atoms with E-state index in [1.165, 1.54) is 5.69 Å². The molecular formula is C9H17N3. The first-order valence-corrected chi connectivity index (χ1v) is 4.36. The lowest BCUT2D eigenvalue weighted by Gasteiger charge is -2.19. The Balaban J connectivity index is 3.19. The fourth-order valence-electron chi connectivity index (χ4n) is 1.56. The first-order chi connectivity index (χ1) is 5.46. The Morgan fingerprint density at radius 2 is 1.92 bits per heavy atom. The molecular weight excluding hydrogens is 150 g/mol. The maximum absolute atomic E-state index is 4.11. The Hall–Kier alpha value is -0.860. The van der Waals surface area contributed by atoms with Crippen LogP contribution >= 0.6 is 0 Å². The van der Waals surface area contributed by atoms with Gasteiger partial charge in [0.1, 0.15) is 0 Å². The van der Waals surface area contributed by atoms with Gasteiger partial charge in [-0.2, -0.15) is 0 Å². The highest BCUT2D eigenvalue weighted by Gasteiger charge is 2.22. The molecule has 12 heavy (non-hydrogen) atoms. The standard InChI is InChI=1S/C9H17N3/c1-6-7-8(9(2,3)4)12(5)11-10-7/h6H2,1-5H3. The van der Waals surface area contributed by atoms with Gasteiger partial charge < -0.3 is 0 Å². The van der Waals surface area contributed by atoms with Gasteiger partial charge in [-0.3, -0.25) is 4.68 Å². The van der Waals surface area contributed by atoms with Gasteiger partial charge in [0.05, 0.1) is 11.4 Å². The molecule has 1 heterocycles. The van der Waals surface area contributed by atoms with Crippen molar-refractivity contribution in [1.82, 2.24) is 15.0 Å². The van der Waals surface area contributed by atoms with Gasteiger partial charge in [-0.15, -0.1) is 5.10 Å². The third-order valence-electron chi connectivity index (χ3n) is 1.94. The first-order valence-electron chi connectivity index (χ1n) is 4.36. The van der Waals surface area contributed by atoms with E-state index in [1.54, 1.807) is 0 Å². The molecule has 0 aliphatic heterocycles. The Morgan fingerprint density at radius 3 is 2.25 bits per heavy atom. The summed E-state index contributed by atoms with van der Waals surface area (Å²) in [4.78, 5) is 0. The van der Waals surface area contributed by atoms with Crippen molar-refractivity contribution < 1.29 is 0 Å². The number of aromatic nitrogens is 3. The van der Waals surface area contributed by atoms with E-state index in [2.05, 4.69) is 38.0 Å². The molecule has 3 nitrogen and oxygen atoms in total. The summed E-state index contributed by atoms with van der Waals surface area (Å²) in [6.07, 6.45) is 0.959. The molecule has 0 aromatic carbocycles. The zero-order valence-corrected chi connectivity index (χ0v) is 8.55. The zero-order valence-electron chi connectivity index (χ0n) is 8.55. The zero-order chi connectivity index (χ0) is 9.35. The molecule has 1 aromatic rings. The van der Waals surface area contributed by atoms with Crippen molar-refractivity contribution in [1.29, 1.82) is 0 Å². The predicted molar refractivity (Wildman–Crippen MR) is 49.1 cm³/mol. The van der Waals surface area contributed by atoms with Crippen LogP contribution in [0.3, 0.4) is 0 Å². The highest BCUT2D eigenvalue weighted by atomic mass is 15.4. The van der Waals surface area contributed by atoms with Gasteiger partial charge in [0.15, 0.2) is 0 Å². The molecule has 0 aliphatic rings. The maximum Gasteiger partial charge on any atom is 0.0861 e. The Kier molecular flexibility index (Phi) is 2.22. The number of aryl methyl sites for hydroxylation is 2. The lowest BCUT2D eigenvalue weighted by molar-refractivity contribution is 0.516. The highest BCUT2D eigenvalue weighted by Crippen LogP contribution is 2.23. The molecule has 0 bridgehead atoms. The van der Waals surface area contributed by atoms with Crippen molar-refractivity contribution in [2.45, 2.75) is 39.5 Å². The fourth-order valence-corrected chi connectivity index (χ4v) is 1.56. The van der Waals surface area contributed by atoms with Crippen molar-refractivity contribution in [3.63, 3.8) is 0 Å². The highest BCUT2D eigenvalue weighted by molar-refractivity contribution is 5.18. The van der Waals surface area contributed by atoms with Crippen LogP contribution in [0, 0.1) is 0 Å². The monoisotopic (exact) mass is 167 g/mol. The maximum atomic E-state index is 4.11. The molecule has 0 saturated carbocycles. The van der Waals surface area contributed by atoms with Gasteiger partial charge in [0.2, 0.25) is 0 Å². The minimum absolute atomic E-state index is 0.142. The van der Waals surface area contributed by atoms with E-state index in [9.17, 15) is 0 Å². The molecule has 0 spiro atoms. The van der Waals surface area contributed by atoms with Crippen LogP contribution in [0.15, 0.2) is 0 Å². The summed E-state index contributed by atoms with van der Waals surface area (Å²) in [5.74, 6) is 0. The quantitative estimate of drug-likeness (QED) is 0.637. The van der Waals surface area contributed by atoms with Crippen LogP contribution in [0.1, 0.15) is 39.1 Å². The number of hydrogen-bond acceptors (Lipinski definition) is 2. The molecule has 1 aromatic heterocycles. The van der Waals surface area contributed by atoms with E-state index in [4.69, 9.17) is 0 Å². The van der Waals surface area contributed by atoms with Crippen LogP contribution < -0.4 is 0 Å². The average molecular weight is 167 g/mol. The lowest BCUT2D eigenvalue weighted by atomic mass is 9.90. The van der Waals surface area contributed by atoms with Gasteiger partial charge >= 0.3 is 0 Å². The molecule has 0 unspecified atom stereocenters. The summed E-state index contributed by atoms with van der Waals surface area (Å²) in [5.41, 5.74) is 2.50. The lowest BCUT2D eigenvalue weighted by Crippen LogP contribution is -2.18. The number of hydrogen-bond donors (Lipinski definition) is 0. The van der Waals surface area contributed by atoms with E-state index in [1.807, 2.05) is 11.7 Å². The molecule has 0 N–H and O–H groups in total. The fraction of sp³-hybridized carbons (Fsp3) is 0.778. The Labute approximate surface area is 73.8 Å². The molecule has 0 radical (unpaired) electrons. The predicted octanol–water partition coefficient (Wildman–Crippen LogP) is 1.68.